The molecular weight excluding hydrogens is 314 g/mol. The Bertz CT molecular complexity index is 549. The van der Waals surface area contributed by atoms with Crippen molar-refractivity contribution in [1.82, 2.24) is 10.2 Å². The van der Waals surface area contributed by atoms with Crippen LogP contribution in [0.4, 0.5) is 10.5 Å². The quantitative estimate of drug-likeness (QED) is 0.736. The summed E-state index contributed by atoms with van der Waals surface area (Å²) in [5, 5.41) is 5.68. The van der Waals surface area contributed by atoms with Gasteiger partial charge in [0.15, 0.2) is 0 Å². The Morgan fingerprint density at radius 2 is 1.92 bits per heavy atom. The molecule has 1 atom stereocenters. The molecule has 0 spiro atoms. The molecule has 138 valence electrons. The molecule has 1 aromatic carbocycles. The van der Waals surface area contributed by atoms with Crippen LogP contribution in [0.1, 0.15) is 45.2 Å². The van der Waals surface area contributed by atoms with E-state index in [1.165, 1.54) is 5.56 Å². The number of carbonyl (C=O) groups is 1. The van der Waals surface area contributed by atoms with Crippen molar-refractivity contribution in [2.24, 2.45) is 0 Å². The second-order valence-corrected chi connectivity index (χ2v) is 6.91. The van der Waals surface area contributed by atoms with Crippen LogP contribution >= 0.6 is 0 Å². The number of nitrogens with one attached hydrogen (secondary N) is 2. The normalized spacial score (nSPS) is 17.3. The summed E-state index contributed by atoms with van der Waals surface area (Å²) < 4.78 is 5.76. The topological polar surface area (TPSA) is 53.6 Å². The maximum Gasteiger partial charge on any atom is 0.319 e. The van der Waals surface area contributed by atoms with Crippen LogP contribution in [0.25, 0.3) is 0 Å². The fourth-order valence-electron chi connectivity index (χ4n) is 3.12. The zero-order chi connectivity index (χ0) is 18.2. The Hall–Kier alpha value is -1.85. The lowest BCUT2D eigenvalue weighted by Gasteiger charge is -2.36. The second kappa shape index (κ2) is 9.59. The predicted octanol–water partition coefficient (Wildman–Crippen LogP) is 3.94. The predicted molar refractivity (Wildman–Crippen MR) is 103 cm³/mol. The number of likely N-dealkylation sites (tertiary alicyclic amines) is 1. The number of anilines is 1. The molecule has 2 N–H and O–H groups in total. The van der Waals surface area contributed by atoms with E-state index in [1.54, 1.807) is 0 Å². The maximum atomic E-state index is 11.7. The van der Waals surface area contributed by atoms with E-state index < -0.39 is 0 Å². The number of piperidine rings is 1. The van der Waals surface area contributed by atoms with Crippen LogP contribution in [0.2, 0.25) is 0 Å². The summed E-state index contributed by atoms with van der Waals surface area (Å²) in [6.45, 7) is 12.5. The van der Waals surface area contributed by atoms with Crippen LogP contribution in [-0.4, -0.2) is 42.8 Å². The highest BCUT2D eigenvalue weighted by atomic mass is 16.5. The molecular formula is C20H31N3O2. The van der Waals surface area contributed by atoms with Gasteiger partial charge in [-0.1, -0.05) is 18.2 Å². The van der Waals surface area contributed by atoms with Gasteiger partial charge in [-0.05, 0) is 51.3 Å². The second-order valence-electron chi connectivity index (χ2n) is 6.91. The molecule has 1 aliphatic heterocycles. The minimum absolute atomic E-state index is 0.123. The van der Waals surface area contributed by atoms with Crippen LogP contribution in [0.5, 0.6) is 0 Å². The highest BCUT2D eigenvalue weighted by Crippen LogP contribution is 2.26. The summed E-state index contributed by atoms with van der Waals surface area (Å²) in [5.74, 6) is 0. The van der Waals surface area contributed by atoms with Crippen molar-refractivity contribution < 1.29 is 9.53 Å². The Labute approximate surface area is 151 Å². The molecule has 0 bridgehead atoms. The van der Waals surface area contributed by atoms with Crippen molar-refractivity contribution in [3.8, 4) is 0 Å². The fraction of sp³-hybridized carbons (Fsp3) is 0.550. The van der Waals surface area contributed by atoms with Gasteiger partial charge in [0.2, 0.25) is 0 Å². The van der Waals surface area contributed by atoms with Gasteiger partial charge in [-0.2, -0.15) is 0 Å². The van der Waals surface area contributed by atoms with Gasteiger partial charge in [0, 0.05) is 30.9 Å². The number of rotatable bonds is 7. The zero-order valence-electron chi connectivity index (χ0n) is 15.6. The molecule has 0 unspecified atom stereocenters. The summed E-state index contributed by atoms with van der Waals surface area (Å²) in [4.78, 5) is 14.2. The SMILES string of the molecule is C=CCOC1CCN([C@@H](C)c2ccc(NC(=O)NC(C)C)cc2)CC1. The number of carbonyl (C=O) groups excluding carboxylic acids is 1. The van der Waals surface area contributed by atoms with Gasteiger partial charge in [-0.15, -0.1) is 6.58 Å². The van der Waals surface area contributed by atoms with E-state index in [4.69, 9.17) is 4.74 Å². The smallest absolute Gasteiger partial charge is 0.319 e. The van der Waals surface area contributed by atoms with Crippen molar-refractivity contribution in [3.63, 3.8) is 0 Å². The Morgan fingerprint density at radius 1 is 1.28 bits per heavy atom. The summed E-state index contributed by atoms with van der Waals surface area (Å²) >= 11 is 0. The molecule has 2 amide bonds. The van der Waals surface area contributed by atoms with E-state index >= 15 is 0 Å². The van der Waals surface area contributed by atoms with Gasteiger partial charge < -0.3 is 15.4 Å². The lowest BCUT2D eigenvalue weighted by atomic mass is 10.0. The average molecular weight is 345 g/mol. The maximum absolute atomic E-state index is 11.7. The molecule has 1 fully saturated rings. The highest BCUT2D eigenvalue weighted by molar-refractivity contribution is 5.89. The first-order chi connectivity index (χ1) is 12.0. The lowest BCUT2D eigenvalue weighted by Crippen LogP contribution is -2.38. The lowest BCUT2D eigenvalue weighted by molar-refractivity contribution is 0.0126. The molecule has 0 aliphatic carbocycles. The largest absolute Gasteiger partial charge is 0.374 e. The van der Waals surface area contributed by atoms with Gasteiger partial charge in [0.1, 0.15) is 0 Å². The van der Waals surface area contributed by atoms with E-state index in [1.807, 2.05) is 32.1 Å². The third-order valence-electron chi connectivity index (χ3n) is 4.54. The van der Waals surface area contributed by atoms with Crippen LogP contribution in [0.3, 0.4) is 0 Å². The fourth-order valence-corrected chi connectivity index (χ4v) is 3.12. The van der Waals surface area contributed by atoms with Gasteiger partial charge in [0.25, 0.3) is 0 Å². The molecule has 25 heavy (non-hydrogen) atoms. The molecule has 0 radical (unpaired) electrons. The van der Waals surface area contributed by atoms with Crippen LogP contribution in [0.15, 0.2) is 36.9 Å². The number of amides is 2. The number of hydrogen-bond acceptors (Lipinski definition) is 3. The Balaban J connectivity index is 1.85. The summed E-state index contributed by atoms with van der Waals surface area (Å²) in [5.41, 5.74) is 2.07. The highest BCUT2D eigenvalue weighted by Gasteiger charge is 2.23. The number of hydrogen-bond donors (Lipinski definition) is 2. The monoisotopic (exact) mass is 345 g/mol. The Morgan fingerprint density at radius 3 is 2.48 bits per heavy atom. The molecule has 0 aromatic heterocycles. The van der Waals surface area contributed by atoms with Gasteiger partial charge >= 0.3 is 6.03 Å². The van der Waals surface area contributed by atoms with E-state index in [0.717, 1.165) is 31.6 Å². The molecule has 2 rings (SSSR count). The van der Waals surface area contributed by atoms with Crippen LogP contribution < -0.4 is 10.6 Å². The van der Waals surface area contributed by atoms with Crippen molar-refractivity contribution in [2.45, 2.75) is 51.8 Å². The zero-order valence-corrected chi connectivity index (χ0v) is 15.6. The van der Waals surface area contributed by atoms with Crippen LogP contribution in [0, 0.1) is 0 Å². The number of nitrogens with zero attached hydrogens (tertiary/aromatic N) is 1. The average Bonchev–Trinajstić information content (AvgIpc) is 2.59. The van der Waals surface area contributed by atoms with E-state index in [-0.39, 0.29) is 12.1 Å². The van der Waals surface area contributed by atoms with E-state index in [0.29, 0.717) is 18.8 Å². The minimum atomic E-state index is -0.169. The summed E-state index contributed by atoms with van der Waals surface area (Å²) in [6.07, 6.45) is 4.29. The molecule has 1 heterocycles. The van der Waals surface area contributed by atoms with Gasteiger partial charge in [0.05, 0.1) is 12.7 Å². The molecule has 5 heteroatoms. The third kappa shape index (κ3) is 6.18. The van der Waals surface area contributed by atoms with Crippen molar-refractivity contribution in [2.75, 3.05) is 25.0 Å². The van der Waals surface area contributed by atoms with Gasteiger partial charge in [-0.25, -0.2) is 4.79 Å². The van der Waals surface area contributed by atoms with Crippen molar-refractivity contribution >= 4 is 11.7 Å². The number of urea groups is 1. The Kier molecular flexibility index (Phi) is 7.47. The molecule has 1 saturated heterocycles. The molecule has 1 aromatic rings. The first kappa shape index (κ1) is 19.5. The van der Waals surface area contributed by atoms with Crippen molar-refractivity contribution in [3.05, 3.63) is 42.5 Å². The van der Waals surface area contributed by atoms with E-state index in [2.05, 4.69) is 41.2 Å². The standard InChI is InChI=1S/C20H31N3O2/c1-5-14-25-19-10-12-23(13-11-19)16(4)17-6-8-18(9-7-17)22-20(24)21-15(2)3/h5-9,15-16,19H,1,10-14H2,2-4H3,(H2,21,22,24)/t16-/m0/s1. The summed E-state index contributed by atoms with van der Waals surface area (Å²) in [6, 6.07) is 8.43. The molecule has 0 saturated carbocycles. The van der Waals surface area contributed by atoms with Crippen molar-refractivity contribution in [1.29, 1.82) is 0 Å². The van der Waals surface area contributed by atoms with Crippen LogP contribution in [-0.2, 0) is 4.74 Å². The third-order valence-corrected chi connectivity index (χ3v) is 4.54. The van der Waals surface area contributed by atoms with E-state index in [9.17, 15) is 4.79 Å². The molecule has 5 nitrogen and oxygen atoms in total. The number of ether oxygens (including phenoxy) is 1. The van der Waals surface area contributed by atoms with Gasteiger partial charge in [-0.3, -0.25) is 4.90 Å². The summed E-state index contributed by atoms with van der Waals surface area (Å²) in [7, 11) is 0. The molecule has 1 aliphatic rings. The number of benzene rings is 1. The minimum Gasteiger partial charge on any atom is -0.374 e. The first-order valence-corrected chi connectivity index (χ1v) is 9.13. The first-order valence-electron chi connectivity index (χ1n) is 9.13.